The van der Waals surface area contributed by atoms with Gasteiger partial charge in [-0.3, -0.25) is 14.4 Å². The first-order valence-corrected chi connectivity index (χ1v) is 15.0. The predicted octanol–water partition coefficient (Wildman–Crippen LogP) is 6.80. The van der Waals surface area contributed by atoms with E-state index in [1.54, 1.807) is 59.3 Å². The first-order chi connectivity index (χ1) is 19.7. The maximum atomic E-state index is 14.1. The SMILES string of the molecule is CN(C(=O)c1ccc(Cl)cc1)[C@@H]1CCN(C(=O)[C@@H]2CCCCN2C(=O)c2ccccc2)C[C@H]1c1ccc(Cl)c(Cl)c1. The molecule has 3 aromatic rings. The summed E-state index contributed by atoms with van der Waals surface area (Å²) in [5.41, 5.74) is 2.03. The molecule has 3 aromatic carbocycles. The molecule has 0 aromatic heterocycles. The number of nitrogens with zero attached hydrogens (tertiary/aromatic N) is 3. The van der Waals surface area contributed by atoms with Crippen molar-refractivity contribution in [2.75, 3.05) is 26.7 Å². The highest BCUT2D eigenvalue weighted by Crippen LogP contribution is 2.35. The molecule has 5 rings (SSSR count). The monoisotopic (exact) mass is 611 g/mol. The summed E-state index contributed by atoms with van der Waals surface area (Å²) in [5, 5.41) is 1.43. The number of likely N-dealkylation sites (tertiary alicyclic amines) is 2. The van der Waals surface area contributed by atoms with Crippen LogP contribution >= 0.6 is 34.8 Å². The van der Waals surface area contributed by atoms with Crippen molar-refractivity contribution in [1.29, 1.82) is 0 Å². The third-order valence-electron chi connectivity index (χ3n) is 8.24. The topological polar surface area (TPSA) is 60.9 Å². The maximum Gasteiger partial charge on any atom is 0.254 e. The molecule has 3 atom stereocenters. The second-order valence-corrected chi connectivity index (χ2v) is 12.0. The Bertz CT molecular complexity index is 1420. The smallest absolute Gasteiger partial charge is 0.254 e. The molecule has 3 amide bonds. The lowest BCUT2D eigenvalue weighted by Gasteiger charge is -2.45. The van der Waals surface area contributed by atoms with E-state index in [1.807, 2.05) is 35.2 Å². The molecular weight excluding hydrogens is 581 g/mol. The third-order valence-corrected chi connectivity index (χ3v) is 9.23. The van der Waals surface area contributed by atoms with Gasteiger partial charge < -0.3 is 14.7 Å². The van der Waals surface area contributed by atoms with Crippen molar-refractivity contribution >= 4 is 52.5 Å². The quantitative estimate of drug-likeness (QED) is 0.319. The zero-order valence-electron chi connectivity index (χ0n) is 22.8. The van der Waals surface area contributed by atoms with E-state index in [0.29, 0.717) is 58.7 Å². The number of rotatable bonds is 5. The molecule has 0 radical (unpaired) electrons. The van der Waals surface area contributed by atoms with Crippen molar-refractivity contribution in [1.82, 2.24) is 14.7 Å². The van der Waals surface area contributed by atoms with Gasteiger partial charge in [-0.25, -0.2) is 0 Å². The Balaban J connectivity index is 1.41. The number of piperidine rings is 2. The molecule has 0 N–H and O–H groups in total. The zero-order chi connectivity index (χ0) is 29.1. The average molecular weight is 613 g/mol. The lowest BCUT2D eigenvalue weighted by atomic mass is 9.84. The first-order valence-electron chi connectivity index (χ1n) is 13.9. The summed E-state index contributed by atoms with van der Waals surface area (Å²) >= 11 is 18.7. The molecule has 2 aliphatic rings. The normalized spacial score (nSPS) is 20.9. The minimum atomic E-state index is -0.518. The second kappa shape index (κ2) is 12.8. The molecule has 41 heavy (non-hydrogen) atoms. The highest BCUT2D eigenvalue weighted by atomic mass is 35.5. The third kappa shape index (κ3) is 6.40. The number of likely N-dealkylation sites (N-methyl/N-ethyl adjacent to an activating group) is 1. The largest absolute Gasteiger partial charge is 0.340 e. The van der Waals surface area contributed by atoms with Gasteiger partial charge in [0.1, 0.15) is 6.04 Å². The van der Waals surface area contributed by atoms with Gasteiger partial charge >= 0.3 is 0 Å². The number of benzene rings is 3. The molecule has 2 fully saturated rings. The van der Waals surface area contributed by atoms with E-state index in [-0.39, 0.29) is 29.7 Å². The van der Waals surface area contributed by atoms with Crippen LogP contribution in [0.4, 0.5) is 0 Å². The van der Waals surface area contributed by atoms with E-state index < -0.39 is 6.04 Å². The van der Waals surface area contributed by atoms with Crippen LogP contribution in [0, 0.1) is 0 Å². The molecule has 2 aliphatic heterocycles. The van der Waals surface area contributed by atoms with Crippen LogP contribution in [0.25, 0.3) is 0 Å². The fourth-order valence-electron chi connectivity index (χ4n) is 6.01. The van der Waals surface area contributed by atoms with Gasteiger partial charge in [-0.15, -0.1) is 0 Å². The van der Waals surface area contributed by atoms with Gasteiger partial charge in [0, 0.05) is 54.8 Å². The van der Waals surface area contributed by atoms with Gasteiger partial charge in [-0.1, -0.05) is 59.1 Å². The molecule has 0 bridgehead atoms. The van der Waals surface area contributed by atoms with Crippen LogP contribution in [0.3, 0.4) is 0 Å². The second-order valence-electron chi connectivity index (χ2n) is 10.7. The van der Waals surface area contributed by atoms with E-state index in [4.69, 9.17) is 34.8 Å². The van der Waals surface area contributed by atoms with Crippen molar-refractivity contribution in [3.63, 3.8) is 0 Å². The van der Waals surface area contributed by atoms with Crippen molar-refractivity contribution in [3.05, 3.63) is 105 Å². The van der Waals surface area contributed by atoms with E-state index in [1.165, 1.54) is 0 Å². The Labute approximate surface area is 255 Å². The van der Waals surface area contributed by atoms with Crippen LogP contribution in [0.1, 0.15) is 57.9 Å². The Morgan fingerprint density at radius 1 is 0.805 bits per heavy atom. The number of halogens is 3. The lowest BCUT2D eigenvalue weighted by molar-refractivity contribution is -0.139. The van der Waals surface area contributed by atoms with Gasteiger partial charge in [-0.05, 0) is 79.8 Å². The van der Waals surface area contributed by atoms with Gasteiger partial charge in [0.15, 0.2) is 0 Å². The number of carbonyl (C=O) groups is 3. The number of hydrogen-bond acceptors (Lipinski definition) is 3. The summed E-state index contributed by atoms with van der Waals surface area (Å²) < 4.78 is 0. The van der Waals surface area contributed by atoms with E-state index in [0.717, 1.165) is 18.4 Å². The zero-order valence-corrected chi connectivity index (χ0v) is 25.1. The summed E-state index contributed by atoms with van der Waals surface area (Å²) in [4.78, 5) is 46.3. The van der Waals surface area contributed by atoms with Crippen molar-refractivity contribution in [2.45, 2.75) is 43.7 Å². The Morgan fingerprint density at radius 2 is 1.54 bits per heavy atom. The van der Waals surface area contributed by atoms with Gasteiger partial charge in [-0.2, -0.15) is 0 Å². The van der Waals surface area contributed by atoms with E-state index >= 15 is 0 Å². The Morgan fingerprint density at radius 3 is 2.24 bits per heavy atom. The minimum absolute atomic E-state index is 0.0517. The number of hydrogen-bond donors (Lipinski definition) is 0. The van der Waals surface area contributed by atoms with Crippen LogP contribution in [-0.4, -0.2) is 71.2 Å². The summed E-state index contributed by atoms with van der Waals surface area (Å²) in [6.07, 6.45) is 2.96. The highest BCUT2D eigenvalue weighted by molar-refractivity contribution is 6.42. The molecule has 0 spiro atoms. The Kier molecular flexibility index (Phi) is 9.22. The van der Waals surface area contributed by atoms with Crippen LogP contribution in [-0.2, 0) is 4.79 Å². The minimum Gasteiger partial charge on any atom is -0.340 e. The molecule has 6 nitrogen and oxygen atoms in total. The molecule has 9 heteroatoms. The number of amides is 3. The van der Waals surface area contributed by atoms with Gasteiger partial charge in [0.25, 0.3) is 11.8 Å². The molecule has 2 saturated heterocycles. The average Bonchev–Trinajstić information content (AvgIpc) is 3.01. The fourth-order valence-corrected chi connectivity index (χ4v) is 6.44. The van der Waals surface area contributed by atoms with Crippen molar-refractivity contribution in [3.8, 4) is 0 Å². The lowest BCUT2D eigenvalue weighted by Crippen LogP contribution is -2.57. The van der Waals surface area contributed by atoms with Gasteiger partial charge in [0.2, 0.25) is 5.91 Å². The highest BCUT2D eigenvalue weighted by Gasteiger charge is 2.41. The standard InChI is InChI=1S/C32H32Cl3N3O3/c1-36(30(39)22-10-13-24(33)14-11-22)28-16-18-37(20-25(28)23-12-15-26(34)27(35)19-23)32(41)29-9-5-6-17-38(29)31(40)21-7-3-2-4-8-21/h2-4,7-8,10-15,19,25,28-29H,5-6,9,16-18,20H2,1H3/t25-,28+,29-/m0/s1. The van der Waals surface area contributed by atoms with Crippen LogP contribution in [0.2, 0.25) is 15.1 Å². The Hall–Kier alpha value is -3.06. The van der Waals surface area contributed by atoms with Crippen molar-refractivity contribution in [2.24, 2.45) is 0 Å². The van der Waals surface area contributed by atoms with Crippen molar-refractivity contribution < 1.29 is 14.4 Å². The van der Waals surface area contributed by atoms with Crippen LogP contribution in [0.5, 0.6) is 0 Å². The molecular formula is C32H32Cl3N3O3. The molecule has 0 saturated carbocycles. The fraction of sp³-hybridized carbons (Fsp3) is 0.344. The van der Waals surface area contributed by atoms with Gasteiger partial charge in [0.05, 0.1) is 10.0 Å². The first kappa shape index (κ1) is 29.4. The van der Waals surface area contributed by atoms with Crippen LogP contribution in [0.15, 0.2) is 72.8 Å². The van der Waals surface area contributed by atoms with E-state index in [9.17, 15) is 14.4 Å². The van der Waals surface area contributed by atoms with E-state index in [2.05, 4.69) is 0 Å². The molecule has 214 valence electrons. The summed E-state index contributed by atoms with van der Waals surface area (Å²) in [7, 11) is 1.80. The molecule has 2 heterocycles. The number of carbonyl (C=O) groups excluding carboxylic acids is 3. The summed E-state index contributed by atoms with van der Waals surface area (Å²) in [5.74, 6) is -0.494. The maximum absolute atomic E-state index is 14.1. The van der Waals surface area contributed by atoms with Crippen LogP contribution < -0.4 is 0 Å². The summed E-state index contributed by atoms with van der Waals surface area (Å²) in [6, 6.07) is 20.7. The molecule has 0 unspecified atom stereocenters. The summed E-state index contributed by atoms with van der Waals surface area (Å²) in [6.45, 7) is 1.42. The predicted molar refractivity (Wildman–Crippen MR) is 163 cm³/mol. The molecule has 0 aliphatic carbocycles.